The van der Waals surface area contributed by atoms with Crippen LogP contribution in [0.15, 0.2) is 12.1 Å². The molecule has 2 aromatic heterocycles. The number of H-pyrrole nitrogens is 1. The third-order valence-corrected chi connectivity index (χ3v) is 3.10. The summed E-state index contributed by atoms with van der Waals surface area (Å²) in [6.07, 6.45) is 1.92. The van der Waals surface area contributed by atoms with Gasteiger partial charge in [0.05, 0.1) is 11.1 Å². The molecule has 0 saturated heterocycles. The molecule has 3 N–H and O–H groups in total. The monoisotopic (exact) mass is 247 g/mol. The van der Waals surface area contributed by atoms with E-state index in [2.05, 4.69) is 21.9 Å². The second kappa shape index (κ2) is 4.57. The van der Waals surface area contributed by atoms with Crippen LogP contribution in [0.2, 0.25) is 0 Å². The van der Waals surface area contributed by atoms with Gasteiger partial charge in [0.25, 0.3) is 0 Å². The summed E-state index contributed by atoms with van der Waals surface area (Å²) in [5.41, 5.74) is 7.52. The predicted molar refractivity (Wildman–Crippen MR) is 74.7 cm³/mol. The Kier molecular flexibility index (Phi) is 3.26. The van der Waals surface area contributed by atoms with Crippen LogP contribution >= 0.6 is 0 Å². The SMILES string of the molecule is CCCC(C)(N)c1nc2nc(N(C)C)ccc2[nH]1. The summed E-state index contributed by atoms with van der Waals surface area (Å²) in [6.45, 7) is 4.12. The van der Waals surface area contributed by atoms with E-state index in [1.54, 1.807) is 0 Å². The molecule has 0 bridgehead atoms. The summed E-state index contributed by atoms with van der Waals surface area (Å²) in [6, 6.07) is 3.97. The Bertz CT molecular complexity index is 541. The fourth-order valence-corrected chi connectivity index (χ4v) is 2.04. The number of aromatic amines is 1. The van der Waals surface area contributed by atoms with Gasteiger partial charge in [-0.1, -0.05) is 13.3 Å². The zero-order chi connectivity index (χ0) is 13.3. The van der Waals surface area contributed by atoms with E-state index in [9.17, 15) is 0 Å². The van der Waals surface area contributed by atoms with Crippen molar-refractivity contribution in [2.45, 2.75) is 32.2 Å². The molecule has 2 rings (SSSR count). The third kappa shape index (κ3) is 2.31. The highest BCUT2D eigenvalue weighted by Gasteiger charge is 2.24. The fraction of sp³-hybridized carbons (Fsp3) is 0.538. The van der Waals surface area contributed by atoms with E-state index >= 15 is 0 Å². The Balaban J connectivity index is 2.44. The molecule has 0 aliphatic rings. The van der Waals surface area contributed by atoms with Crippen LogP contribution in [0.5, 0.6) is 0 Å². The summed E-state index contributed by atoms with van der Waals surface area (Å²) in [5.74, 6) is 1.71. The molecule has 2 heterocycles. The molecule has 0 saturated carbocycles. The minimum atomic E-state index is -0.423. The number of nitrogens with two attached hydrogens (primary N) is 1. The molecule has 18 heavy (non-hydrogen) atoms. The van der Waals surface area contributed by atoms with Gasteiger partial charge in [0, 0.05) is 14.1 Å². The molecule has 1 unspecified atom stereocenters. The smallest absolute Gasteiger partial charge is 0.179 e. The number of aromatic nitrogens is 3. The van der Waals surface area contributed by atoms with Crippen LogP contribution in [0, 0.1) is 0 Å². The molecule has 0 spiro atoms. The van der Waals surface area contributed by atoms with Crippen molar-refractivity contribution in [2.24, 2.45) is 5.73 Å². The lowest BCUT2D eigenvalue weighted by atomic mass is 9.97. The van der Waals surface area contributed by atoms with Crippen molar-refractivity contribution in [2.75, 3.05) is 19.0 Å². The number of fused-ring (bicyclic) bond motifs is 1. The highest BCUT2D eigenvalue weighted by Crippen LogP contribution is 2.23. The summed E-state index contributed by atoms with van der Waals surface area (Å²) in [7, 11) is 3.93. The van der Waals surface area contributed by atoms with Crippen LogP contribution in [0.4, 0.5) is 5.82 Å². The van der Waals surface area contributed by atoms with Gasteiger partial charge in [0.15, 0.2) is 5.65 Å². The maximum absolute atomic E-state index is 6.28. The van der Waals surface area contributed by atoms with Crippen LogP contribution in [-0.2, 0) is 5.54 Å². The lowest BCUT2D eigenvalue weighted by molar-refractivity contribution is 0.424. The molecule has 0 fully saturated rings. The third-order valence-electron chi connectivity index (χ3n) is 3.10. The number of imidazole rings is 1. The molecule has 0 aliphatic carbocycles. The minimum absolute atomic E-state index is 0.423. The van der Waals surface area contributed by atoms with E-state index in [-0.39, 0.29) is 0 Å². The van der Waals surface area contributed by atoms with E-state index in [4.69, 9.17) is 5.73 Å². The van der Waals surface area contributed by atoms with Crippen molar-refractivity contribution in [3.63, 3.8) is 0 Å². The molecule has 0 aromatic carbocycles. The number of nitrogens with zero attached hydrogens (tertiary/aromatic N) is 3. The Morgan fingerprint density at radius 2 is 2.06 bits per heavy atom. The molecule has 98 valence electrons. The van der Waals surface area contributed by atoms with Crippen LogP contribution in [0.3, 0.4) is 0 Å². The first-order valence-electron chi connectivity index (χ1n) is 6.27. The van der Waals surface area contributed by atoms with Gasteiger partial charge in [-0.3, -0.25) is 0 Å². The van der Waals surface area contributed by atoms with E-state index < -0.39 is 5.54 Å². The Hall–Kier alpha value is -1.62. The van der Waals surface area contributed by atoms with Gasteiger partial charge in [-0.15, -0.1) is 0 Å². The van der Waals surface area contributed by atoms with Crippen molar-refractivity contribution in [1.82, 2.24) is 15.0 Å². The summed E-state index contributed by atoms with van der Waals surface area (Å²) >= 11 is 0. The quantitative estimate of drug-likeness (QED) is 0.867. The predicted octanol–water partition coefficient (Wildman–Crippen LogP) is 2.00. The summed E-state index contributed by atoms with van der Waals surface area (Å²) in [5, 5.41) is 0. The topological polar surface area (TPSA) is 70.8 Å². The number of pyridine rings is 1. The summed E-state index contributed by atoms with van der Waals surface area (Å²) in [4.78, 5) is 14.3. The number of hydrogen-bond acceptors (Lipinski definition) is 4. The van der Waals surface area contributed by atoms with Crippen LogP contribution in [0.25, 0.3) is 11.2 Å². The first-order chi connectivity index (χ1) is 8.44. The number of hydrogen-bond donors (Lipinski definition) is 2. The second-order valence-electron chi connectivity index (χ2n) is 5.19. The van der Waals surface area contributed by atoms with Gasteiger partial charge in [0.1, 0.15) is 11.6 Å². The molecule has 5 heteroatoms. The fourth-order valence-electron chi connectivity index (χ4n) is 2.04. The van der Waals surface area contributed by atoms with E-state index in [1.165, 1.54) is 0 Å². The zero-order valence-electron chi connectivity index (χ0n) is 11.5. The maximum atomic E-state index is 6.28. The van der Waals surface area contributed by atoms with E-state index in [0.717, 1.165) is 35.6 Å². The van der Waals surface area contributed by atoms with Crippen molar-refractivity contribution < 1.29 is 0 Å². The zero-order valence-corrected chi connectivity index (χ0v) is 11.5. The van der Waals surface area contributed by atoms with Crippen LogP contribution in [-0.4, -0.2) is 29.0 Å². The molecule has 5 nitrogen and oxygen atoms in total. The molecule has 1 atom stereocenters. The van der Waals surface area contributed by atoms with Gasteiger partial charge in [-0.05, 0) is 25.5 Å². The molecule has 0 amide bonds. The highest BCUT2D eigenvalue weighted by atomic mass is 15.2. The standard InChI is InChI=1S/C13H21N5/c1-5-8-13(2,14)12-15-9-6-7-10(18(3)4)16-11(9)17-12/h6-7H,5,8,14H2,1-4H3,(H,15,16,17). The van der Waals surface area contributed by atoms with Gasteiger partial charge in [-0.25, -0.2) is 9.97 Å². The van der Waals surface area contributed by atoms with Gasteiger partial charge < -0.3 is 15.6 Å². The Labute approximate surface area is 107 Å². The number of nitrogens with one attached hydrogen (secondary N) is 1. The lowest BCUT2D eigenvalue weighted by Gasteiger charge is -2.20. The molecule has 2 aromatic rings. The van der Waals surface area contributed by atoms with E-state index in [1.807, 2.05) is 38.1 Å². The lowest BCUT2D eigenvalue weighted by Crippen LogP contribution is -2.34. The van der Waals surface area contributed by atoms with Gasteiger partial charge >= 0.3 is 0 Å². The Morgan fingerprint density at radius 1 is 1.33 bits per heavy atom. The van der Waals surface area contributed by atoms with Gasteiger partial charge in [-0.2, -0.15) is 0 Å². The average molecular weight is 247 g/mol. The molecule has 0 radical (unpaired) electrons. The van der Waals surface area contributed by atoms with Crippen molar-refractivity contribution in [1.29, 1.82) is 0 Å². The normalized spacial score (nSPS) is 14.7. The van der Waals surface area contributed by atoms with Crippen molar-refractivity contribution in [3.8, 4) is 0 Å². The largest absolute Gasteiger partial charge is 0.363 e. The maximum Gasteiger partial charge on any atom is 0.179 e. The first kappa shape index (κ1) is 12.8. The second-order valence-corrected chi connectivity index (χ2v) is 5.19. The average Bonchev–Trinajstić information content (AvgIpc) is 2.71. The number of anilines is 1. The van der Waals surface area contributed by atoms with Crippen molar-refractivity contribution in [3.05, 3.63) is 18.0 Å². The molecular weight excluding hydrogens is 226 g/mol. The van der Waals surface area contributed by atoms with Crippen LogP contribution < -0.4 is 10.6 Å². The van der Waals surface area contributed by atoms with Crippen molar-refractivity contribution >= 4 is 17.0 Å². The number of rotatable bonds is 4. The van der Waals surface area contributed by atoms with E-state index in [0.29, 0.717) is 0 Å². The van der Waals surface area contributed by atoms with Gasteiger partial charge in [0.2, 0.25) is 0 Å². The molecular formula is C13H21N5. The minimum Gasteiger partial charge on any atom is -0.363 e. The first-order valence-corrected chi connectivity index (χ1v) is 6.27. The summed E-state index contributed by atoms with van der Waals surface area (Å²) < 4.78 is 0. The van der Waals surface area contributed by atoms with Crippen LogP contribution in [0.1, 0.15) is 32.5 Å². The highest BCUT2D eigenvalue weighted by molar-refractivity contribution is 5.73. The Morgan fingerprint density at radius 3 is 2.67 bits per heavy atom. The molecule has 0 aliphatic heterocycles.